The Kier molecular flexibility index (Phi) is 3.19. The number of hydrogen-bond donors (Lipinski definition) is 0. The molecule has 0 amide bonds. The number of fused-ring (bicyclic) bond motifs is 2. The van der Waals surface area contributed by atoms with E-state index in [2.05, 4.69) is 16.7 Å². The Labute approximate surface area is 128 Å². The second-order valence-electron chi connectivity index (χ2n) is 5.65. The molecule has 0 spiro atoms. The number of nitrogens with zero attached hydrogens (tertiary/aromatic N) is 1. The van der Waals surface area contributed by atoms with E-state index in [0.29, 0.717) is 13.2 Å². The van der Waals surface area contributed by atoms with Crippen LogP contribution in [0.2, 0.25) is 0 Å². The molecule has 0 aliphatic carbocycles. The average molecular weight is 291 g/mol. The van der Waals surface area contributed by atoms with E-state index in [9.17, 15) is 4.79 Å². The van der Waals surface area contributed by atoms with Crippen LogP contribution in [0.3, 0.4) is 0 Å². The van der Waals surface area contributed by atoms with Crippen LogP contribution in [-0.2, 0) is 13.0 Å². The van der Waals surface area contributed by atoms with E-state index >= 15 is 0 Å². The lowest BCUT2D eigenvalue weighted by Gasteiger charge is -2.23. The number of ether oxygens (including phenoxy) is 1. The highest BCUT2D eigenvalue weighted by Crippen LogP contribution is 2.27. The monoisotopic (exact) mass is 291 g/mol. The summed E-state index contributed by atoms with van der Waals surface area (Å²) in [5.41, 5.74) is 3.08. The zero-order chi connectivity index (χ0) is 14.9. The molecule has 3 aromatic rings. The van der Waals surface area contributed by atoms with E-state index in [4.69, 9.17) is 4.74 Å². The van der Waals surface area contributed by atoms with Crippen LogP contribution in [0.4, 0.5) is 0 Å². The minimum Gasteiger partial charge on any atom is -0.479 e. The first-order valence-electron chi connectivity index (χ1n) is 7.66. The van der Waals surface area contributed by atoms with Gasteiger partial charge in [0.05, 0.1) is 24.2 Å². The van der Waals surface area contributed by atoms with Gasteiger partial charge in [-0.3, -0.25) is 4.79 Å². The highest BCUT2D eigenvalue weighted by atomic mass is 16.5. The number of pyridine rings is 1. The highest BCUT2D eigenvalue weighted by molar-refractivity contribution is 5.81. The molecule has 0 bridgehead atoms. The minimum atomic E-state index is 0.120. The molecule has 0 radical (unpaired) electrons. The van der Waals surface area contributed by atoms with E-state index in [1.54, 1.807) is 0 Å². The van der Waals surface area contributed by atoms with Crippen LogP contribution in [0, 0.1) is 0 Å². The van der Waals surface area contributed by atoms with Gasteiger partial charge in [-0.1, -0.05) is 42.5 Å². The summed E-state index contributed by atoms with van der Waals surface area (Å²) in [6.45, 7) is 1.39. The van der Waals surface area contributed by atoms with Crippen LogP contribution in [-0.4, -0.2) is 11.2 Å². The lowest BCUT2D eigenvalue weighted by Crippen LogP contribution is -2.24. The first-order chi connectivity index (χ1) is 10.8. The molecule has 0 saturated heterocycles. The molecule has 0 atom stereocenters. The van der Waals surface area contributed by atoms with Gasteiger partial charge in [-0.2, -0.15) is 0 Å². The van der Waals surface area contributed by atoms with Crippen molar-refractivity contribution in [2.75, 3.05) is 6.61 Å². The van der Waals surface area contributed by atoms with Crippen LogP contribution in [0.15, 0.2) is 59.4 Å². The molecule has 1 aliphatic heterocycles. The molecule has 0 saturated carbocycles. The molecule has 110 valence electrons. The molecule has 3 heteroatoms. The lowest BCUT2D eigenvalue weighted by atomic mass is 10.0. The van der Waals surface area contributed by atoms with Crippen LogP contribution in [0.5, 0.6) is 5.88 Å². The average Bonchev–Trinajstić information content (AvgIpc) is 2.59. The van der Waals surface area contributed by atoms with E-state index in [1.807, 2.05) is 42.5 Å². The molecule has 0 fully saturated rings. The normalized spacial score (nSPS) is 13.6. The smallest absolute Gasteiger partial charge is 0.201 e. The van der Waals surface area contributed by atoms with E-state index in [-0.39, 0.29) is 5.43 Å². The van der Waals surface area contributed by atoms with Gasteiger partial charge in [0.1, 0.15) is 0 Å². The van der Waals surface area contributed by atoms with Gasteiger partial charge in [0, 0.05) is 5.39 Å². The van der Waals surface area contributed by atoms with Gasteiger partial charge in [-0.05, 0) is 30.5 Å². The first kappa shape index (κ1) is 13.1. The molecule has 0 unspecified atom stereocenters. The van der Waals surface area contributed by atoms with Crippen molar-refractivity contribution in [1.29, 1.82) is 0 Å². The molecule has 22 heavy (non-hydrogen) atoms. The predicted molar refractivity (Wildman–Crippen MR) is 87.6 cm³/mol. The molecular formula is C19H17NO2. The van der Waals surface area contributed by atoms with Gasteiger partial charge >= 0.3 is 0 Å². The van der Waals surface area contributed by atoms with Gasteiger partial charge in [0.15, 0.2) is 5.43 Å². The summed E-state index contributed by atoms with van der Waals surface area (Å²) in [5.74, 6) is 0.749. The summed E-state index contributed by atoms with van der Waals surface area (Å²) >= 11 is 0. The summed E-state index contributed by atoms with van der Waals surface area (Å²) in [6, 6.07) is 18.1. The van der Waals surface area contributed by atoms with Crippen molar-refractivity contribution in [2.45, 2.75) is 19.4 Å². The fourth-order valence-electron chi connectivity index (χ4n) is 3.16. The van der Waals surface area contributed by atoms with Gasteiger partial charge < -0.3 is 9.30 Å². The standard InChI is InChI=1S/C19H17NO2/c21-18-15-9-4-5-11-17(15)20(13-14-7-2-1-3-8-14)19-16(18)10-6-12-22-19/h1-5,7-9,11H,6,10,12-13H2. The maximum absolute atomic E-state index is 12.7. The Morgan fingerprint density at radius 3 is 2.64 bits per heavy atom. The molecule has 2 aromatic carbocycles. The summed E-state index contributed by atoms with van der Waals surface area (Å²) in [7, 11) is 0. The maximum atomic E-state index is 12.7. The van der Waals surface area contributed by atoms with Crippen molar-refractivity contribution in [1.82, 2.24) is 4.57 Å². The van der Waals surface area contributed by atoms with Gasteiger partial charge in [0.25, 0.3) is 0 Å². The molecule has 1 aromatic heterocycles. The Balaban J connectivity index is 1.99. The number of hydrogen-bond acceptors (Lipinski definition) is 2. The second-order valence-corrected chi connectivity index (χ2v) is 5.65. The van der Waals surface area contributed by atoms with Crippen LogP contribution in [0.1, 0.15) is 17.5 Å². The molecule has 3 nitrogen and oxygen atoms in total. The second kappa shape index (κ2) is 5.34. The summed E-state index contributed by atoms with van der Waals surface area (Å²) in [6.07, 6.45) is 1.71. The summed E-state index contributed by atoms with van der Waals surface area (Å²) < 4.78 is 8.02. The highest BCUT2D eigenvalue weighted by Gasteiger charge is 2.21. The van der Waals surface area contributed by atoms with Crippen LogP contribution >= 0.6 is 0 Å². The van der Waals surface area contributed by atoms with Crippen molar-refractivity contribution in [3.63, 3.8) is 0 Å². The van der Waals surface area contributed by atoms with E-state index in [1.165, 1.54) is 5.56 Å². The molecule has 4 rings (SSSR count). The number of benzene rings is 2. The molecular weight excluding hydrogens is 274 g/mol. The van der Waals surface area contributed by atoms with Crippen molar-refractivity contribution in [3.05, 3.63) is 75.9 Å². The van der Waals surface area contributed by atoms with E-state index in [0.717, 1.165) is 35.2 Å². The largest absolute Gasteiger partial charge is 0.479 e. The fourth-order valence-corrected chi connectivity index (χ4v) is 3.16. The summed E-state index contributed by atoms with van der Waals surface area (Å²) in [5, 5.41) is 0.780. The quantitative estimate of drug-likeness (QED) is 0.725. The summed E-state index contributed by atoms with van der Waals surface area (Å²) in [4.78, 5) is 12.7. The first-order valence-corrected chi connectivity index (χ1v) is 7.66. The van der Waals surface area contributed by atoms with E-state index < -0.39 is 0 Å². The number of para-hydroxylation sites is 1. The topological polar surface area (TPSA) is 31.2 Å². The van der Waals surface area contributed by atoms with Crippen molar-refractivity contribution in [3.8, 4) is 5.88 Å². The predicted octanol–water partition coefficient (Wildman–Crippen LogP) is 3.37. The Morgan fingerprint density at radius 1 is 1.00 bits per heavy atom. The van der Waals surface area contributed by atoms with Gasteiger partial charge in [-0.15, -0.1) is 0 Å². The van der Waals surface area contributed by atoms with Crippen molar-refractivity contribution < 1.29 is 4.74 Å². The zero-order valence-electron chi connectivity index (χ0n) is 12.3. The SMILES string of the molecule is O=c1c2c(n(Cc3ccccc3)c3ccccc13)OCCC2. The third-order valence-corrected chi connectivity index (χ3v) is 4.21. The lowest BCUT2D eigenvalue weighted by molar-refractivity contribution is 0.263. The minimum absolute atomic E-state index is 0.120. The molecule has 0 N–H and O–H groups in total. The molecule has 2 heterocycles. The number of aromatic nitrogens is 1. The van der Waals surface area contributed by atoms with Gasteiger partial charge in [-0.25, -0.2) is 0 Å². The zero-order valence-corrected chi connectivity index (χ0v) is 12.3. The van der Waals surface area contributed by atoms with Crippen molar-refractivity contribution >= 4 is 10.9 Å². The molecule has 1 aliphatic rings. The Bertz CT molecular complexity index is 881. The Morgan fingerprint density at radius 2 is 1.77 bits per heavy atom. The third-order valence-electron chi connectivity index (χ3n) is 4.21. The van der Waals surface area contributed by atoms with Crippen LogP contribution < -0.4 is 10.2 Å². The Hall–Kier alpha value is -2.55. The maximum Gasteiger partial charge on any atom is 0.201 e. The van der Waals surface area contributed by atoms with Crippen LogP contribution in [0.25, 0.3) is 10.9 Å². The number of rotatable bonds is 2. The fraction of sp³-hybridized carbons (Fsp3) is 0.211. The van der Waals surface area contributed by atoms with Gasteiger partial charge in [0.2, 0.25) is 5.88 Å². The third kappa shape index (κ3) is 2.10. The van der Waals surface area contributed by atoms with Crippen molar-refractivity contribution in [2.24, 2.45) is 0 Å².